The molecule has 1 aromatic carbocycles. The molecule has 2 nitrogen and oxygen atoms in total. The minimum Gasteiger partial charge on any atom is -0.508 e. The third-order valence-electron chi connectivity index (χ3n) is 2.93. The SMILES string of the molecule is Cc1cscc1CNC(C)c1cccc(O)c1. The van der Waals surface area contributed by atoms with Crippen molar-refractivity contribution in [3.63, 3.8) is 0 Å². The Bertz CT molecular complexity index is 492. The van der Waals surface area contributed by atoms with Gasteiger partial charge < -0.3 is 10.4 Å². The minimum atomic E-state index is 0.237. The smallest absolute Gasteiger partial charge is 0.115 e. The van der Waals surface area contributed by atoms with Gasteiger partial charge in [0.2, 0.25) is 0 Å². The second kappa shape index (κ2) is 5.34. The van der Waals surface area contributed by atoms with E-state index in [1.54, 1.807) is 23.5 Å². The van der Waals surface area contributed by atoms with E-state index in [1.807, 2.05) is 12.1 Å². The lowest BCUT2D eigenvalue weighted by Gasteiger charge is -2.14. The molecule has 2 aromatic rings. The molecule has 1 atom stereocenters. The number of rotatable bonds is 4. The summed E-state index contributed by atoms with van der Waals surface area (Å²) in [5.74, 6) is 0.322. The van der Waals surface area contributed by atoms with E-state index in [1.165, 1.54) is 11.1 Å². The van der Waals surface area contributed by atoms with E-state index in [9.17, 15) is 5.11 Å². The molecule has 0 amide bonds. The highest BCUT2D eigenvalue weighted by Crippen LogP contribution is 2.19. The Morgan fingerprint density at radius 2 is 2.18 bits per heavy atom. The van der Waals surface area contributed by atoms with Crippen LogP contribution in [0.2, 0.25) is 0 Å². The van der Waals surface area contributed by atoms with E-state index in [2.05, 4.69) is 29.9 Å². The van der Waals surface area contributed by atoms with Gasteiger partial charge in [-0.3, -0.25) is 0 Å². The zero-order chi connectivity index (χ0) is 12.3. The molecule has 1 aromatic heterocycles. The van der Waals surface area contributed by atoms with E-state index in [4.69, 9.17) is 0 Å². The molecule has 0 bridgehead atoms. The van der Waals surface area contributed by atoms with Crippen LogP contribution in [-0.2, 0) is 6.54 Å². The summed E-state index contributed by atoms with van der Waals surface area (Å²) < 4.78 is 0. The fourth-order valence-corrected chi connectivity index (χ4v) is 2.60. The fourth-order valence-electron chi connectivity index (χ4n) is 1.74. The monoisotopic (exact) mass is 247 g/mol. The van der Waals surface area contributed by atoms with Gasteiger partial charge in [0.25, 0.3) is 0 Å². The summed E-state index contributed by atoms with van der Waals surface area (Å²) in [4.78, 5) is 0. The van der Waals surface area contributed by atoms with E-state index < -0.39 is 0 Å². The zero-order valence-electron chi connectivity index (χ0n) is 10.1. The van der Waals surface area contributed by atoms with Gasteiger partial charge in [-0.1, -0.05) is 12.1 Å². The highest BCUT2D eigenvalue weighted by atomic mass is 32.1. The number of phenols is 1. The van der Waals surface area contributed by atoms with Gasteiger partial charge in [0.15, 0.2) is 0 Å². The summed E-state index contributed by atoms with van der Waals surface area (Å²) in [5.41, 5.74) is 3.80. The number of aryl methyl sites for hydroxylation is 1. The average Bonchev–Trinajstić information content (AvgIpc) is 2.72. The first-order chi connectivity index (χ1) is 8.16. The number of aromatic hydroxyl groups is 1. The van der Waals surface area contributed by atoms with Crippen molar-refractivity contribution in [3.05, 3.63) is 51.7 Å². The summed E-state index contributed by atoms with van der Waals surface area (Å²) in [5, 5.41) is 17.2. The van der Waals surface area contributed by atoms with E-state index in [-0.39, 0.29) is 6.04 Å². The van der Waals surface area contributed by atoms with Crippen molar-refractivity contribution in [2.24, 2.45) is 0 Å². The number of hydrogen-bond acceptors (Lipinski definition) is 3. The van der Waals surface area contributed by atoms with Crippen LogP contribution in [0.5, 0.6) is 5.75 Å². The molecule has 0 saturated carbocycles. The molecule has 17 heavy (non-hydrogen) atoms. The van der Waals surface area contributed by atoms with Crippen LogP contribution in [-0.4, -0.2) is 5.11 Å². The summed E-state index contributed by atoms with van der Waals surface area (Å²) >= 11 is 1.74. The Labute approximate surface area is 106 Å². The highest BCUT2D eigenvalue weighted by molar-refractivity contribution is 7.08. The Morgan fingerprint density at radius 1 is 1.35 bits per heavy atom. The van der Waals surface area contributed by atoms with Crippen LogP contribution in [0.1, 0.15) is 29.7 Å². The topological polar surface area (TPSA) is 32.3 Å². The van der Waals surface area contributed by atoms with Crippen molar-refractivity contribution in [1.29, 1.82) is 0 Å². The molecule has 2 rings (SSSR count). The maximum absolute atomic E-state index is 9.43. The van der Waals surface area contributed by atoms with Crippen LogP contribution in [0.4, 0.5) is 0 Å². The van der Waals surface area contributed by atoms with Crippen molar-refractivity contribution < 1.29 is 5.11 Å². The molecule has 0 saturated heterocycles. The lowest BCUT2D eigenvalue weighted by molar-refractivity contribution is 0.472. The molecule has 0 aliphatic rings. The average molecular weight is 247 g/mol. The molecular formula is C14H17NOS. The summed E-state index contributed by atoms with van der Waals surface area (Å²) in [6.07, 6.45) is 0. The van der Waals surface area contributed by atoms with Crippen molar-refractivity contribution in [1.82, 2.24) is 5.32 Å². The van der Waals surface area contributed by atoms with Crippen molar-refractivity contribution >= 4 is 11.3 Å². The van der Waals surface area contributed by atoms with Gasteiger partial charge in [-0.25, -0.2) is 0 Å². The van der Waals surface area contributed by atoms with Gasteiger partial charge in [0, 0.05) is 12.6 Å². The third kappa shape index (κ3) is 3.08. The van der Waals surface area contributed by atoms with Crippen molar-refractivity contribution in [2.45, 2.75) is 26.4 Å². The molecule has 0 radical (unpaired) electrons. The van der Waals surface area contributed by atoms with Crippen LogP contribution in [0, 0.1) is 6.92 Å². The van der Waals surface area contributed by atoms with Gasteiger partial charge in [0.05, 0.1) is 0 Å². The van der Waals surface area contributed by atoms with Crippen molar-refractivity contribution in [3.8, 4) is 5.75 Å². The van der Waals surface area contributed by atoms with Crippen molar-refractivity contribution in [2.75, 3.05) is 0 Å². The molecule has 1 heterocycles. The first-order valence-corrected chi connectivity index (χ1v) is 6.65. The van der Waals surface area contributed by atoms with Gasteiger partial charge in [-0.05, 0) is 53.4 Å². The van der Waals surface area contributed by atoms with Crippen LogP contribution >= 0.6 is 11.3 Å². The summed E-state index contributed by atoms with van der Waals surface area (Å²) in [6, 6.07) is 7.63. The Morgan fingerprint density at radius 3 is 2.82 bits per heavy atom. The van der Waals surface area contributed by atoms with E-state index >= 15 is 0 Å². The molecule has 3 heteroatoms. The standard InChI is InChI=1S/C14H17NOS/c1-10-8-17-9-13(10)7-15-11(2)12-4-3-5-14(16)6-12/h3-6,8-9,11,15-16H,7H2,1-2H3. The minimum absolute atomic E-state index is 0.237. The van der Waals surface area contributed by atoms with Gasteiger partial charge in [0.1, 0.15) is 5.75 Å². The lowest BCUT2D eigenvalue weighted by atomic mass is 10.1. The molecule has 0 aliphatic heterocycles. The van der Waals surface area contributed by atoms with Crippen LogP contribution in [0.15, 0.2) is 35.0 Å². The molecule has 0 aliphatic carbocycles. The van der Waals surface area contributed by atoms with Crippen LogP contribution < -0.4 is 5.32 Å². The molecule has 0 spiro atoms. The fraction of sp³-hybridized carbons (Fsp3) is 0.286. The Kier molecular flexibility index (Phi) is 3.82. The number of thiophene rings is 1. The second-order valence-electron chi connectivity index (χ2n) is 4.28. The van der Waals surface area contributed by atoms with E-state index in [0.717, 1.165) is 12.1 Å². The molecule has 2 N–H and O–H groups in total. The molecule has 1 unspecified atom stereocenters. The maximum atomic E-state index is 9.43. The number of hydrogen-bond donors (Lipinski definition) is 2. The summed E-state index contributed by atoms with van der Waals surface area (Å²) in [7, 11) is 0. The lowest BCUT2D eigenvalue weighted by Crippen LogP contribution is -2.18. The van der Waals surface area contributed by atoms with Gasteiger partial charge in [-0.2, -0.15) is 11.3 Å². The van der Waals surface area contributed by atoms with Gasteiger partial charge in [-0.15, -0.1) is 0 Å². The predicted molar refractivity (Wildman–Crippen MR) is 72.4 cm³/mol. The predicted octanol–water partition coefficient (Wildman–Crippen LogP) is 3.61. The zero-order valence-corrected chi connectivity index (χ0v) is 10.9. The maximum Gasteiger partial charge on any atom is 0.115 e. The molecular weight excluding hydrogens is 230 g/mol. The number of benzene rings is 1. The highest BCUT2D eigenvalue weighted by Gasteiger charge is 2.06. The summed E-state index contributed by atoms with van der Waals surface area (Å²) in [6.45, 7) is 5.11. The largest absolute Gasteiger partial charge is 0.508 e. The number of phenolic OH excluding ortho intramolecular Hbond substituents is 1. The number of nitrogens with one attached hydrogen (secondary N) is 1. The quantitative estimate of drug-likeness (QED) is 0.865. The Hall–Kier alpha value is -1.32. The molecule has 0 fully saturated rings. The first-order valence-electron chi connectivity index (χ1n) is 5.71. The molecule has 90 valence electrons. The third-order valence-corrected chi connectivity index (χ3v) is 3.84. The van der Waals surface area contributed by atoms with Crippen LogP contribution in [0.3, 0.4) is 0 Å². The van der Waals surface area contributed by atoms with E-state index in [0.29, 0.717) is 5.75 Å². The second-order valence-corrected chi connectivity index (χ2v) is 5.02. The normalized spacial score (nSPS) is 12.6. The van der Waals surface area contributed by atoms with Crippen LogP contribution in [0.25, 0.3) is 0 Å². The first kappa shape index (κ1) is 12.1. The van der Waals surface area contributed by atoms with Gasteiger partial charge >= 0.3 is 0 Å². The Balaban J connectivity index is 1.98.